The maximum atomic E-state index is 2.37. The average Bonchev–Trinajstić information content (AvgIpc) is 3.12. The van der Waals surface area contributed by atoms with Crippen LogP contribution in [-0.4, -0.2) is 0 Å². The number of rotatable bonds is 7. The van der Waals surface area contributed by atoms with Gasteiger partial charge in [-0.05, 0) is 103 Å². The summed E-state index contributed by atoms with van der Waals surface area (Å²) in [6.45, 7) is 27.5. The van der Waals surface area contributed by atoms with Gasteiger partial charge >= 0.3 is 0 Å². The molecule has 2 heteroatoms. The lowest BCUT2D eigenvalue weighted by atomic mass is 9.87. The maximum absolute atomic E-state index is 2.37. The van der Waals surface area contributed by atoms with Crippen LogP contribution < -0.4 is 31.8 Å². The van der Waals surface area contributed by atoms with Crippen molar-refractivity contribution in [2.45, 2.75) is 105 Å². The van der Waals surface area contributed by atoms with E-state index < -0.39 is 15.8 Å². The highest BCUT2D eigenvalue weighted by Gasteiger charge is 2.23. The Balaban J connectivity index is 1.33. The molecule has 6 aromatic rings. The van der Waals surface area contributed by atoms with E-state index in [1.807, 2.05) is 0 Å². The van der Waals surface area contributed by atoms with Crippen molar-refractivity contribution >= 4 is 47.7 Å². The Kier molecular flexibility index (Phi) is 11.3. The highest BCUT2D eigenvalue weighted by Crippen LogP contribution is 2.38. The molecule has 0 atom stereocenters. The van der Waals surface area contributed by atoms with E-state index in [-0.39, 0.29) is 21.7 Å². The minimum Gasteiger partial charge on any atom is -0.0579 e. The zero-order valence-corrected chi connectivity index (χ0v) is 36.5. The highest BCUT2D eigenvalue weighted by atomic mass is 31.1. The van der Waals surface area contributed by atoms with Gasteiger partial charge in [0, 0.05) is 0 Å². The van der Waals surface area contributed by atoms with Crippen molar-refractivity contribution in [3.05, 3.63) is 168 Å². The SMILES string of the molecule is CC(C)(C)c1ccc(P(c2ccc(-c3ccc(P(c4ccc(C(C)(C)C)cc4)c4ccc(C(C)(C)C)cc4)cc3)cc2)c2ccc(C(C)(C)C)cc2)cc1. The molecule has 54 heavy (non-hydrogen) atoms. The van der Waals surface area contributed by atoms with Crippen LogP contribution in [0.25, 0.3) is 11.1 Å². The lowest BCUT2D eigenvalue weighted by Gasteiger charge is -2.24. The van der Waals surface area contributed by atoms with Crippen LogP contribution in [0.15, 0.2) is 146 Å². The molecule has 0 fully saturated rings. The average molecular weight is 747 g/mol. The highest BCUT2D eigenvalue weighted by molar-refractivity contribution is 7.80. The Morgan fingerprint density at radius 1 is 0.222 bits per heavy atom. The minimum absolute atomic E-state index is 0.127. The summed E-state index contributed by atoms with van der Waals surface area (Å²) < 4.78 is 0. The molecule has 0 bridgehead atoms. The molecule has 0 saturated heterocycles. The van der Waals surface area contributed by atoms with Gasteiger partial charge in [-0.15, -0.1) is 0 Å². The fourth-order valence-electron chi connectivity index (χ4n) is 6.94. The van der Waals surface area contributed by atoms with Crippen LogP contribution in [0, 0.1) is 0 Å². The van der Waals surface area contributed by atoms with Crippen LogP contribution in [0.5, 0.6) is 0 Å². The second-order valence-electron chi connectivity index (χ2n) is 19.0. The molecule has 278 valence electrons. The smallest absolute Gasteiger partial charge is 0.0132 e. The van der Waals surface area contributed by atoms with Gasteiger partial charge in [-0.3, -0.25) is 0 Å². The van der Waals surface area contributed by atoms with Crippen molar-refractivity contribution in [1.82, 2.24) is 0 Å². The van der Waals surface area contributed by atoms with Gasteiger partial charge in [0.15, 0.2) is 0 Å². The molecular formula is C52H60P2. The fourth-order valence-corrected chi connectivity index (χ4v) is 11.4. The normalized spacial score (nSPS) is 12.8. The van der Waals surface area contributed by atoms with Gasteiger partial charge in [-0.2, -0.15) is 0 Å². The molecule has 0 spiro atoms. The molecule has 0 aromatic heterocycles. The summed E-state index contributed by atoms with van der Waals surface area (Å²) in [5.74, 6) is 0. The molecule has 0 aliphatic heterocycles. The monoisotopic (exact) mass is 746 g/mol. The van der Waals surface area contributed by atoms with Crippen LogP contribution in [0.1, 0.15) is 105 Å². The van der Waals surface area contributed by atoms with Crippen LogP contribution in [-0.2, 0) is 21.7 Å². The Morgan fingerprint density at radius 2 is 0.370 bits per heavy atom. The van der Waals surface area contributed by atoms with E-state index in [1.165, 1.54) is 65.2 Å². The summed E-state index contributed by atoms with van der Waals surface area (Å²) in [6, 6.07) is 56.3. The molecule has 6 aromatic carbocycles. The van der Waals surface area contributed by atoms with Gasteiger partial charge in [0.2, 0.25) is 0 Å². The standard InChI is InChI=1S/C52H60P2/c1-49(2,3)39-17-29-45(30-18-39)53(46-31-19-40(20-32-46)50(4,5)6)43-25-13-37(14-26-43)38-15-27-44(28-16-38)54(47-33-21-41(22-34-47)51(7,8)9)48-35-23-42(24-36-48)52(10,11)12/h13-36H,1-12H3. The van der Waals surface area contributed by atoms with E-state index in [2.05, 4.69) is 229 Å². The van der Waals surface area contributed by atoms with E-state index in [0.717, 1.165) is 0 Å². The third kappa shape index (κ3) is 9.16. The molecule has 0 aliphatic rings. The van der Waals surface area contributed by atoms with Crippen LogP contribution in [0.4, 0.5) is 0 Å². The molecule has 0 heterocycles. The summed E-state index contributed by atoms with van der Waals surface area (Å²) in [4.78, 5) is 0. The lowest BCUT2D eigenvalue weighted by Crippen LogP contribution is -2.22. The Labute approximate surface area is 330 Å². The van der Waals surface area contributed by atoms with Crippen LogP contribution in [0.3, 0.4) is 0 Å². The number of benzene rings is 6. The first-order valence-corrected chi connectivity index (χ1v) is 22.2. The van der Waals surface area contributed by atoms with Crippen molar-refractivity contribution in [1.29, 1.82) is 0 Å². The van der Waals surface area contributed by atoms with E-state index in [0.29, 0.717) is 0 Å². The molecular weight excluding hydrogens is 687 g/mol. The number of hydrogen-bond donors (Lipinski definition) is 0. The van der Waals surface area contributed by atoms with Gasteiger partial charge in [0.05, 0.1) is 0 Å². The summed E-state index contributed by atoms with van der Waals surface area (Å²) >= 11 is 0. The van der Waals surface area contributed by atoms with Gasteiger partial charge in [-0.1, -0.05) is 229 Å². The Bertz CT molecular complexity index is 1850. The van der Waals surface area contributed by atoms with E-state index in [4.69, 9.17) is 0 Å². The molecule has 0 unspecified atom stereocenters. The second-order valence-corrected chi connectivity index (χ2v) is 23.4. The molecule has 0 nitrogen and oxygen atoms in total. The first kappa shape index (κ1) is 39.9. The first-order valence-electron chi connectivity index (χ1n) is 19.5. The second kappa shape index (κ2) is 15.4. The zero-order chi connectivity index (χ0) is 39.1. The van der Waals surface area contributed by atoms with Crippen molar-refractivity contribution in [3.8, 4) is 11.1 Å². The van der Waals surface area contributed by atoms with Gasteiger partial charge in [0.1, 0.15) is 0 Å². The summed E-state index contributed by atoms with van der Waals surface area (Å²) in [7, 11) is -1.41. The molecule has 0 N–H and O–H groups in total. The molecule has 0 aliphatic carbocycles. The third-order valence-corrected chi connectivity index (χ3v) is 15.4. The Morgan fingerprint density at radius 3 is 0.519 bits per heavy atom. The van der Waals surface area contributed by atoms with E-state index in [1.54, 1.807) is 0 Å². The van der Waals surface area contributed by atoms with Crippen LogP contribution in [0.2, 0.25) is 0 Å². The predicted molar refractivity (Wildman–Crippen MR) is 244 cm³/mol. The number of hydrogen-bond acceptors (Lipinski definition) is 0. The Hall–Kier alpha value is -3.82. The largest absolute Gasteiger partial charge is 0.0579 e. The van der Waals surface area contributed by atoms with Crippen molar-refractivity contribution in [2.24, 2.45) is 0 Å². The quantitative estimate of drug-likeness (QED) is 0.143. The van der Waals surface area contributed by atoms with Crippen molar-refractivity contribution < 1.29 is 0 Å². The summed E-state index contributed by atoms with van der Waals surface area (Å²) in [5, 5.41) is 8.30. The maximum Gasteiger partial charge on any atom is -0.0132 e. The minimum atomic E-state index is -0.706. The third-order valence-electron chi connectivity index (χ3n) is 10.6. The topological polar surface area (TPSA) is 0 Å². The van der Waals surface area contributed by atoms with Crippen LogP contribution >= 0.6 is 15.8 Å². The molecule has 0 saturated carbocycles. The molecule has 0 amide bonds. The molecule has 6 rings (SSSR count). The van der Waals surface area contributed by atoms with E-state index >= 15 is 0 Å². The predicted octanol–water partition coefficient (Wildman–Crippen LogP) is 12.1. The van der Waals surface area contributed by atoms with Gasteiger partial charge in [-0.25, -0.2) is 0 Å². The zero-order valence-electron chi connectivity index (χ0n) is 34.8. The first-order chi connectivity index (χ1) is 25.3. The van der Waals surface area contributed by atoms with E-state index in [9.17, 15) is 0 Å². The molecule has 0 radical (unpaired) electrons. The van der Waals surface area contributed by atoms with Crippen molar-refractivity contribution in [2.75, 3.05) is 0 Å². The lowest BCUT2D eigenvalue weighted by molar-refractivity contribution is 0.590. The van der Waals surface area contributed by atoms with Gasteiger partial charge < -0.3 is 0 Å². The van der Waals surface area contributed by atoms with Gasteiger partial charge in [0.25, 0.3) is 0 Å². The van der Waals surface area contributed by atoms with Crippen molar-refractivity contribution in [3.63, 3.8) is 0 Å². The summed E-state index contributed by atoms with van der Waals surface area (Å²) in [5.41, 5.74) is 8.49. The summed E-state index contributed by atoms with van der Waals surface area (Å²) in [6.07, 6.45) is 0. The fraction of sp³-hybridized carbons (Fsp3) is 0.308.